The Kier molecular flexibility index (Phi) is 5.27. The number of hydrogen-bond acceptors (Lipinski definition) is 5. The molecular formula is C19H21N3O3S. The zero-order chi connectivity index (χ0) is 18.7. The molecule has 0 fully saturated rings. The Labute approximate surface area is 155 Å². The molecule has 7 heteroatoms. The van der Waals surface area contributed by atoms with Crippen LogP contribution < -0.4 is 15.4 Å². The highest BCUT2D eigenvalue weighted by Crippen LogP contribution is 2.30. The molecule has 0 saturated heterocycles. The van der Waals surface area contributed by atoms with Gasteiger partial charge in [-0.3, -0.25) is 0 Å². The molecule has 0 aliphatic heterocycles. The number of benzene rings is 2. The maximum Gasteiger partial charge on any atom is 0.319 e. The number of aromatic nitrogens is 1. The van der Waals surface area contributed by atoms with Gasteiger partial charge in [0.25, 0.3) is 0 Å². The van der Waals surface area contributed by atoms with E-state index in [9.17, 15) is 9.90 Å². The number of hydrogen-bond donors (Lipinski definition) is 3. The minimum atomic E-state index is -0.347. The first-order valence-corrected chi connectivity index (χ1v) is 9.09. The van der Waals surface area contributed by atoms with Gasteiger partial charge < -0.3 is 20.5 Å². The quantitative estimate of drug-likeness (QED) is 0.618. The summed E-state index contributed by atoms with van der Waals surface area (Å²) >= 11 is 1.63. The van der Waals surface area contributed by atoms with Gasteiger partial charge in [-0.1, -0.05) is 26.0 Å². The molecule has 3 N–H and O–H groups in total. The summed E-state index contributed by atoms with van der Waals surface area (Å²) in [6.07, 6.45) is 0. The third kappa shape index (κ3) is 3.88. The molecule has 136 valence electrons. The van der Waals surface area contributed by atoms with Crippen LogP contribution in [0.5, 0.6) is 11.5 Å². The molecular weight excluding hydrogens is 350 g/mol. The van der Waals surface area contributed by atoms with Crippen molar-refractivity contribution >= 4 is 33.3 Å². The number of carbonyl (C=O) groups is 1. The van der Waals surface area contributed by atoms with E-state index >= 15 is 0 Å². The van der Waals surface area contributed by atoms with E-state index in [1.165, 1.54) is 7.11 Å². The molecule has 26 heavy (non-hydrogen) atoms. The number of aromatic hydroxyl groups is 1. The maximum atomic E-state index is 12.2. The van der Waals surface area contributed by atoms with Crippen LogP contribution in [-0.4, -0.2) is 23.2 Å². The van der Waals surface area contributed by atoms with Crippen LogP contribution in [0, 0.1) is 0 Å². The number of methoxy groups -OCH3 is 1. The first kappa shape index (κ1) is 18.0. The van der Waals surface area contributed by atoms with Crippen molar-refractivity contribution in [1.82, 2.24) is 10.3 Å². The Morgan fingerprint density at radius 1 is 1.31 bits per heavy atom. The number of nitrogens with one attached hydrogen (secondary N) is 2. The number of thiazole rings is 1. The maximum absolute atomic E-state index is 12.2. The summed E-state index contributed by atoms with van der Waals surface area (Å²) in [5.41, 5.74) is 2.22. The van der Waals surface area contributed by atoms with E-state index in [2.05, 4.69) is 29.5 Å². The monoisotopic (exact) mass is 371 g/mol. The third-order valence-electron chi connectivity index (χ3n) is 3.90. The fourth-order valence-electron chi connectivity index (χ4n) is 2.49. The van der Waals surface area contributed by atoms with E-state index in [-0.39, 0.29) is 18.3 Å². The Morgan fingerprint density at radius 2 is 2.12 bits per heavy atom. The van der Waals surface area contributed by atoms with Crippen molar-refractivity contribution in [2.75, 3.05) is 12.4 Å². The summed E-state index contributed by atoms with van der Waals surface area (Å²) in [5, 5.41) is 16.7. The van der Waals surface area contributed by atoms with Crippen LogP contribution in [0.15, 0.2) is 36.4 Å². The minimum absolute atomic E-state index is 0.0302. The fourth-order valence-corrected chi connectivity index (χ4v) is 3.50. The van der Waals surface area contributed by atoms with Crippen LogP contribution in [0.25, 0.3) is 10.2 Å². The second-order valence-corrected chi connectivity index (χ2v) is 7.23. The second kappa shape index (κ2) is 7.61. The highest BCUT2D eigenvalue weighted by Gasteiger charge is 2.11. The topological polar surface area (TPSA) is 83.5 Å². The van der Waals surface area contributed by atoms with Crippen molar-refractivity contribution in [3.05, 3.63) is 47.0 Å². The van der Waals surface area contributed by atoms with Crippen molar-refractivity contribution in [2.24, 2.45) is 0 Å². The largest absolute Gasteiger partial charge is 0.504 e. The van der Waals surface area contributed by atoms with Gasteiger partial charge in [0.15, 0.2) is 11.5 Å². The Bertz CT molecular complexity index is 937. The van der Waals surface area contributed by atoms with Crippen LogP contribution in [0.2, 0.25) is 0 Å². The number of amides is 2. The molecule has 3 aromatic rings. The normalized spacial score (nSPS) is 10.9. The van der Waals surface area contributed by atoms with Crippen molar-refractivity contribution in [2.45, 2.75) is 26.3 Å². The molecule has 1 heterocycles. The minimum Gasteiger partial charge on any atom is -0.504 e. The number of ether oxygens (including phenoxy) is 1. The number of urea groups is 1. The predicted octanol–water partition coefficient (Wildman–Crippen LogP) is 4.46. The average molecular weight is 371 g/mol. The number of carbonyl (C=O) groups excluding carboxylic acids is 1. The molecule has 0 radical (unpaired) electrons. The number of nitrogens with zero attached hydrogens (tertiary/aromatic N) is 1. The van der Waals surface area contributed by atoms with Gasteiger partial charge in [-0.2, -0.15) is 0 Å². The summed E-state index contributed by atoms with van der Waals surface area (Å²) in [5.74, 6) is 0.784. The molecule has 0 unspecified atom stereocenters. The van der Waals surface area contributed by atoms with E-state index in [0.717, 1.165) is 15.2 Å². The van der Waals surface area contributed by atoms with Crippen LogP contribution in [0.1, 0.15) is 30.3 Å². The highest BCUT2D eigenvalue weighted by atomic mass is 32.1. The molecule has 2 amide bonds. The SMILES string of the molecule is COc1cccc(CNC(=O)Nc2ccc3nc(C(C)C)sc3c2)c1O. The first-order valence-electron chi connectivity index (χ1n) is 8.28. The summed E-state index contributed by atoms with van der Waals surface area (Å²) in [4.78, 5) is 16.7. The number of rotatable bonds is 5. The fraction of sp³-hybridized carbons (Fsp3) is 0.263. The highest BCUT2D eigenvalue weighted by molar-refractivity contribution is 7.18. The molecule has 0 aliphatic carbocycles. The summed E-state index contributed by atoms with van der Waals surface area (Å²) in [6.45, 7) is 4.41. The summed E-state index contributed by atoms with van der Waals surface area (Å²) < 4.78 is 6.10. The Morgan fingerprint density at radius 3 is 2.85 bits per heavy atom. The molecule has 0 bridgehead atoms. The number of phenolic OH excluding ortho intramolecular Hbond substituents is 1. The zero-order valence-electron chi connectivity index (χ0n) is 14.9. The van der Waals surface area contributed by atoms with Crippen LogP contribution in [0.4, 0.5) is 10.5 Å². The molecule has 0 aliphatic rings. The van der Waals surface area contributed by atoms with E-state index in [1.54, 1.807) is 29.5 Å². The molecule has 0 saturated carbocycles. The van der Waals surface area contributed by atoms with E-state index in [4.69, 9.17) is 4.74 Å². The molecule has 0 atom stereocenters. The number of fused-ring (bicyclic) bond motifs is 1. The summed E-state index contributed by atoms with van der Waals surface area (Å²) in [7, 11) is 1.49. The average Bonchev–Trinajstić information content (AvgIpc) is 3.04. The lowest BCUT2D eigenvalue weighted by molar-refractivity contribution is 0.251. The van der Waals surface area contributed by atoms with Gasteiger partial charge >= 0.3 is 6.03 Å². The first-order chi connectivity index (χ1) is 12.5. The van der Waals surface area contributed by atoms with Gasteiger partial charge in [0.2, 0.25) is 0 Å². The lowest BCUT2D eigenvalue weighted by Crippen LogP contribution is -2.28. The van der Waals surface area contributed by atoms with Crippen LogP contribution in [-0.2, 0) is 6.54 Å². The smallest absolute Gasteiger partial charge is 0.319 e. The van der Waals surface area contributed by atoms with Crippen molar-refractivity contribution in [3.63, 3.8) is 0 Å². The molecule has 3 rings (SSSR count). The zero-order valence-corrected chi connectivity index (χ0v) is 15.7. The Balaban J connectivity index is 1.65. The predicted molar refractivity (Wildman–Crippen MR) is 104 cm³/mol. The number of anilines is 1. The lowest BCUT2D eigenvalue weighted by atomic mass is 10.2. The summed E-state index contributed by atoms with van der Waals surface area (Å²) in [6, 6.07) is 10.5. The van der Waals surface area contributed by atoms with Gasteiger partial charge in [0.1, 0.15) is 0 Å². The van der Waals surface area contributed by atoms with Crippen molar-refractivity contribution < 1.29 is 14.6 Å². The van der Waals surface area contributed by atoms with Crippen LogP contribution >= 0.6 is 11.3 Å². The lowest BCUT2D eigenvalue weighted by Gasteiger charge is -2.10. The van der Waals surface area contributed by atoms with Crippen molar-refractivity contribution in [1.29, 1.82) is 0 Å². The van der Waals surface area contributed by atoms with Gasteiger partial charge in [0.05, 0.1) is 22.3 Å². The Hall–Kier alpha value is -2.80. The molecule has 0 spiro atoms. The van der Waals surface area contributed by atoms with E-state index in [0.29, 0.717) is 22.9 Å². The van der Waals surface area contributed by atoms with Gasteiger partial charge in [-0.05, 0) is 24.3 Å². The third-order valence-corrected chi connectivity index (χ3v) is 5.22. The number of para-hydroxylation sites is 1. The van der Waals surface area contributed by atoms with E-state index < -0.39 is 0 Å². The van der Waals surface area contributed by atoms with Gasteiger partial charge in [-0.25, -0.2) is 9.78 Å². The van der Waals surface area contributed by atoms with Gasteiger partial charge in [0, 0.05) is 23.7 Å². The van der Waals surface area contributed by atoms with Gasteiger partial charge in [-0.15, -0.1) is 11.3 Å². The second-order valence-electron chi connectivity index (χ2n) is 6.16. The number of phenols is 1. The van der Waals surface area contributed by atoms with Crippen LogP contribution in [0.3, 0.4) is 0 Å². The molecule has 1 aromatic heterocycles. The van der Waals surface area contributed by atoms with Crippen molar-refractivity contribution in [3.8, 4) is 11.5 Å². The molecule has 6 nitrogen and oxygen atoms in total. The van der Waals surface area contributed by atoms with E-state index in [1.807, 2.05) is 18.2 Å². The standard InChI is InChI=1S/C19H21N3O3S/c1-11(2)18-22-14-8-7-13(9-16(14)26-18)21-19(24)20-10-12-5-4-6-15(25-3)17(12)23/h4-9,11,23H,10H2,1-3H3,(H2,20,21,24). The molecule has 2 aromatic carbocycles.